The van der Waals surface area contributed by atoms with Crippen molar-refractivity contribution in [2.75, 3.05) is 37.2 Å². The second kappa shape index (κ2) is 8.99. The number of nitrogens with zero attached hydrogens (tertiary/aromatic N) is 1. The molecule has 1 amide bonds. The number of benzene rings is 2. The first kappa shape index (κ1) is 20.0. The lowest BCUT2D eigenvalue weighted by atomic mass is 10.1. The van der Waals surface area contributed by atoms with Crippen LogP contribution in [0.25, 0.3) is 0 Å². The minimum atomic E-state index is -0.453. The Morgan fingerprint density at radius 1 is 1.07 bits per heavy atom. The maximum absolute atomic E-state index is 12.9. The topological polar surface area (TPSA) is 48.0 Å². The highest BCUT2D eigenvalue weighted by atomic mass is 32.2. The zero-order valence-electron chi connectivity index (χ0n) is 16.9. The quantitative estimate of drug-likeness (QED) is 0.567. The average Bonchev–Trinajstić information content (AvgIpc) is 3.54. The van der Waals surface area contributed by atoms with Gasteiger partial charge in [0.15, 0.2) is 17.6 Å². The Morgan fingerprint density at radius 2 is 1.86 bits per heavy atom. The molecule has 1 aliphatic heterocycles. The number of amides is 1. The average molecular weight is 414 g/mol. The van der Waals surface area contributed by atoms with Crippen LogP contribution in [0.2, 0.25) is 0 Å². The molecule has 2 aromatic rings. The largest absolute Gasteiger partial charge is 0.493 e. The van der Waals surface area contributed by atoms with Gasteiger partial charge in [-0.1, -0.05) is 12.1 Å². The van der Waals surface area contributed by atoms with Gasteiger partial charge in [0.05, 0.1) is 13.7 Å². The van der Waals surface area contributed by atoms with Gasteiger partial charge in [-0.3, -0.25) is 4.79 Å². The number of thioether (sulfide) groups is 1. The van der Waals surface area contributed by atoms with E-state index in [4.69, 9.17) is 14.2 Å². The smallest absolute Gasteiger partial charge is 0.268 e. The van der Waals surface area contributed by atoms with Crippen molar-refractivity contribution < 1.29 is 19.0 Å². The van der Waals surface area contributed by atoms with Gasteiger partial charge in [-0.2, -0.15) is 11.8 Å². The van der Waals surface area contributed by atoms with Crippen LogP contribution >= 0.6 is 11.8 Å². The Hall–Kier alpha value is -2.34. The fourth-order valence-corrected chi connectivity index (χ4v) is 3.85. The van der Waals surface area contributed by atoms with Crippen molar-refractivity contribution in [2.24, 2.45) is 0 Å². The maximum atomic E-state index is 12.9. The molecular formula is C23H27NO4S. The summed E-state index contributed by atoms with van der Waals surface area (Å²) >= 11 is 1.73. The summed E-state index contributed by atoms with van der Waals surface area (Å²) < 4.78 is 17.2. The van der Waals surface area contributed by atoms with E-state index in [1.807, 2.05) is 36.6 Å². The molecule has 0 N–H and O–H groups in total. The summed E-state index contributed by atoms with van der Waals surface area (Å²) in [5.41, 5.74) is 2.17. The summed E-state index contributed by atoms with van der Waals surface area (Å²) in [4.78, 5) is 14.7. The molecule has 1 heterocycles. The molecule has 1 atom stereocenters. The van der Waals surface area contributed by atoms with E-state index >= 15 is 0 Å². The van der Waals surface area contributed by atoms with E-state index in [-0.39, 0.29) is 5.91 Å². The zero-order valence-corrected chi connectivity index (χ0v) is 17.7. The van der Waals surface area contributed by atoms with Gasteiger partial charge < -0.3 is 19.1 Å². The number of anilines is 1. The summed E-state index contributed by atoms with van der Waals surface area (Å²) in [6, 6.07) is 13.8. The van der Waals surface area contributed by atoms with Crippen LogP contribution in [0.3, 0.4) is 0 Å². The molecule has 0 aromatic heterocycles. The third kappa shape index (κ3) is 4.64. The maximum Gasteiger partial charge on any atom is 0.268 e. The number of rotatable bonds is 9. The molecule has 154 valence electrons. The number of hydrogen-bond donors (Lipinski definition) is 0. The Morgan fingerprint density at radius 3 is 2.55 bits per heavy atom. The minimum Gasteiger partial charge on any atom is -0.493 e. The third-order valence-electron chi connectivity index (χ3n) is 5.37. The molecule has 29 heavy (non-hydrogen) atoms. The van der Waals surface area contributed by atoms with Crippen LogP contribution in [0.4, 0.5) is 5.69 Å². The molecule has 1 unspecified atom stereocenters. The fourth-order valence-electron chi connectivity index (χ4n) is 3.60. The van der Waals surface area contributed by atoms with Gasteiger partial charge in [-0.15, -0.1) is 0 Å². The first-order chi connectivity index (χ1) is 14.2. The summed E-state index contributed by atoms with van der Waals surface area (Å²) in [6.07, 6.45) is 4.81. The lowest BCUT2D eigenvalue weighted by molar-refractivity contribution is -0.122. The zero-order chi connectivity index (χ0) is 20.2. The van der Waals surface area contributed by atoms with E-state index in [1.165, 1.54) is 18.4 Å². The van der Waals surface area contributed by atoms with E-state index in [2.05, 4.69) is 12.1 Å². The van der Waals surface area contributed by atoms with Crippen LogP contribution < -0.4 is 19.1 Å². The molecule has 1 saturated carbocycles. The monoisotopic (exact) mass is 413 g/mol. The van der Waals surface area contributed by atoms with Gasteiger partial charge in [-0.25, -0.2) is 0 Å². The van der Waals surface area contributed by atoms with Crippen molar-refractivity contribution in [3.63, 3.8) is 0 Å². The predicted octanol–water partition coefficient (Wildman–Crippen LogP) is 4.50. The lowest BCUT2D eigenvalue weighted by Gasteiger charge is -2.19. The van der Waals surface area contributed by atoms with E-state index < -0.39 is 6.10 Å². The molecule has 6 heteroatoms. The van der Waals surface area contributed by atoms with Crippen molar-refractivity contribution in [2.45, 2.75) is 31.3 Å². The Kier molecular flexibility index (Phi) is 6.19. The van der Waals surface area contributed by atoms with Gasteiger partial charge in [0.1, 0.15) is 5.75 Å². The molecule has 0 spiro atoms. The standard InChI is InChI=1S/C23H27NO4S/c1-26-22-15-18(7-10-20(22)27-13-14-29-2)24-12-11-21(23(24)25)28-19-8-5-17(6-9-19)16-3-4-16/h5-10,15-16,21H,3-4,11-14H2,1-2H3. The molecule has 4 rings (SSSR count). The van der Waals surface area contributed by atoms with Crippen molar-refractivity contribution in [1.29, 1.82) is 0 Å². The molecule has 2 fully saturated rings. The summed E-state index contributed by atoms with van der Waals surface area (Å²) in [6.45, 7) is 1.24. The highest BCUT2D eigenvalue weighted by molar-refractivity contribution is 7.98. The van der Waals surface area contributed by atoms with E-state index in [0.717, 1.165) is 23.1 Å². The van der Waals surface area contributed by atoms with Gasteiger partial charge in [-0.05, 0) is 54.8 Å². The van der Waals surface area contributed by atoms with Gasteiger partial charge in [0.25, 0.3) is 5.91 Å². The van der Waals surface area contributed by atoms with Crippen molar-refractivity contribution >= 4 is 23.4 Å². The Labute approximate surface area is 176 Å². The molecule has 1 aliphatic carbocycles. The van der Waals surface area contributed by atoms with Crippen molar-refractivity contribution in [1.82, 2.24) is 0 Å². The molecule has 5 nitrogen and oxygen atoms in total. The highest BCUT2D eigenvalue weighted by Gasteiger charge is 2.35. The fraction of sp³-hybridized carbons (Fsp3) is 0.435. The third-order valence-corrected chi connectivity index (χ3v) is 5.94. The van der Waals surface area contributed by atoms with Crippen molar-refractivity contribution in [3.8, 4) is 17.2 Å². The molecule has 2 aromatic carbocycles. The number of carbonyl (C=O) groups excluding carboxylic acids is 1. The van der Waals surface area contributed by atoms with Crippen LogP contribution in [-0.4, -0.2) is 44.3 Å². The van der Waals surface area contributed by atoms with Gasteiger partial charge in [0, 0.05) is 30.5 Å². The van der Waals surface area contributed by atoms with Crippen LogP contribution in [0.1, 0.15) is 30.7 Å². The van der Waals surface area contributed by atoms with Crippen LogP contribution in [0, 0.1) is 0 Å². The normalized spacial score (nSPS) is 18.8. The van der Waals surface area contributed by atoms with Gasteiger partial charge in [0.2, 0.25) is 0 Å². The highest BCUT2D eigenvalue weighted by Crippen LogP contribution is 2.40. The summed E-state index contributed by atoms with van der Waals surface area (Å²) in [5.74, 6) is 3.70. The lowest BCUT2D eigenvalue weighted by Crippen LogP contribution is -2.32. The molecule has 1 saturated heterocycles. The first-order valence-electron chi connectivity index (χ1n) is 10.1. The number of carbonyl (C=O) groups is 1. The summed E-state index contributed by atoms with van der Waals surface area (Å²) in [5, 5.41) is 0. The number of methoxy groups -OCH3 is 1. The van der Waals surface area contributed by atoms with Crippen LogP contribution in [0.5, 0.6) is 17.2 Å². The Bertz CT molecular complexity index is 850. The molecular weight excluding hydrogens is 386 g/mol. The predicted molar refractivity (Wildman–Crippen MR) is 117 cm³/mol. The second-order valence-electron chi connectivity index (χ2n) is 7.40. The molecule has 2 aliphatic rings. The van der Waals surface area contributed by atoms with E-state index in [0.29, 0.717) is 31.1 Å². The number of hydrogen-bond acceptors (Lipinski definition) is 5. The van der Waals surface area contributed by atoms with E-state index in [9.17, 15) is 4.79 Å². The SMILES string of the molecule is COc1cc(N2CCC(Oc3ccc(C4CC4)cc3)C2=O)ccc1OCCSC. The molecule has 0 bridgehead atoms. The van der Waals surface area contributed by atoms with Crippen molar-refractivity contribution in [3.05, 3.63) is 48.0 Å². The van der Waals surface area contributed by atoms with Gasteiger partial charge >= 0.3 is 0 Å². The first-order valence-corrected chi connectivity index (χ1v) is 11.5. The summed E-state index contributed by atoms with van der Waals surface area (Å²) in [7, 11) is 1.61. The van der Waals surface area contributed by atoms with Crippen LogP contribution in [-0.2, 0) is 4.79 Å². The molecule has 0 radical (unpaired) electrons. The van der Waals surface area contributed by atoms with E-state index in [1.54, 1.807) is 23.8 Å². The van der Waals surface area contributed by atoms with Crippen LogP contribution in [0.15, 0.2) is 42.5 Å². The number of ether oxygens (including phenoxy) is 3. The second-order valence-corrected chi connectivity index (χ2v) is 8.39. The Balaban J connectivity index is 1.41. The minimum absolute atomic E-state index is 0.0191.